The van der Waals surface area contributed by atoms with Crippen LogP contribution in [0.1, 0.15) is 29.8 Å². The van der Waals surface area contributed by atoms with Crippen LogP contribution < -0.4 is 5.32 Å². The van der Waals surface area contributed by atoms with Crippen molar-refractivity contribution in [3.8, 4) is 0 Å². The van der Waals surface area contributed by atoms with E-state index < -0.39 is 0 Å². The van der Waals surface area contributed by atoms with Crippen LogP contribution in [0.3, 0.4) is 0 Å². The maximum absolute atomic E-state index is 11.7. The molecule has 0 unspecified atom stereocenters. The molecule has 16 heavy (non-hydrogen) atoms. The topological polar surface area (TPSA) is 32.3 Å². The van der Waals surface area contributed by atoms with E-state index in [-0.39, 0.29) is 11.4 Å². The van der Waals surface area contributed by atoms with Gasteiger partial charge < -0.3 is 10.2 Å². The molecule has 1 aromatic carbocycles. The lowest BCUT2D eigenvalue weighted by molar-refractivity contribution is 0.0827. The molecule has 1 amide bonds. The van der Waals surface area contributed by atoms with E-state index in [1.165, 1.54) is 5.56 Å². The quantitative estimate of drug-likeness (QED) is 0.843. The van der Waals surface area contributed by atoms with Crippen LogP contribution in [0.4, 0.5) is 0 Å². The SMILES string of the molecule is CNC(C)(C)c1ccc(C(=O)N(C)C)cc1. The fourth-order valence-electron chi connectivity index (χ4n) is 1.43. The molecule has 0 bridgehead atoms. The number of carbonyl (C=O) groups is 1. The molecule has 0 aliphatic rings. The first-order valence-corrected chi connectivity index (χ1v) is 5.39. The van der Waals surface area contributed by atoms with Crippen LogP contribution in [-0.2, 0) is 5.54 Å². The van der Waals surface area contributed by atoms with Crippen molar-refractivity contribution in [3.05, 3.63) is 35.4 Å². The number of nitrogens with zero attached hydrogens (tertiary/aromatic N) is 1. The molecule has 1 aromatic rings. The first kappa shape index (κ1) is 12.7. The molecule has 0 radical (unpaired) electrons. The number of benzene rings is 1. The van der Waals surface area contributed by atoms with Crippen LogP contribution in [0.2, 0.25) is 0 Å². The predicted molar refractivity (Wildman–Crippen MR) is 66.5 cm³/mol. The van der Waals surface area contributed by atoms with Crippen molar-refractivity contribution in [2.45, 2.75) is 19.4 Å². The van der Waals surface area contributed by atoms with Crippen LogP contribution in [0, 0.1) is 0 Å². The van der Waals surface area contributed by atoms with Gasteiger partial charge in [0.25, 0.3) is 5.91 Å². The Morgan fingerprint density at radius 2 is 1.69 bits per heavy atom. The Labute approximate surface area is 97.5 Å². The van der Waals surface area contributed by atoms with Crippen LogP contribution in [0.15, 0.2) is 24.3 Å². The van der Waals surface area contributed by atoms with Crippen LogP contribution >= 0.6 is 0 Å². The predicted octanol–water partition coefficient (Wildman–Crippen LogP) is 1.84. The first-order chi connectivity index (χ1) is 7.38. The van der Waals surface area contributed by atoms with Crippen molar-refractivity contribution in [1.29, 1.82) is 0 Å². The van der Waals surface area contributed by atoms with Gasteiger partial charge in [0.15, 0.2) is 0 Å². The lowest BCUT2D eigenvalue weighted by atomic mass is 9.93. The molecule has 0 aliphatic heterocycles. The van der Waals surface area contributed by atoms with E-state index in [4.69, 9.17) is 0 Å². The van der Waals surface area contributed by atoms with Crippen LogP contribution in [0.5, 0.6) is 0 Å². The van der Waals surface area contributed by atoms with Crippen LogP contribution in [0.25, 0.3) is 0 Å². The molecule has 0 saturated heterocycles. The van der Waals surface area contributed by atoms with Gasteiger partial charge in [0.05, 0.1) is 0 Å². The fourth-order valence-corrected chi connectivity index (χ4v) is 1.43. The maximum atomic E-state index is 11.7. The summed E-state index contributed by atoms with van der Waals surface area (Å²) in [5.41, 5.74) is 1.82. The molecule has 1 N–H and O–H groups in total. The molecule has 1 rings (SSSR count). The third-order valence-electron chi connectivity index (χ3n) is 2.88. The molecule has 0 saturated carbocycles. The molecule has 0 aromatic heterocycles. The van der Waals surface area contributed by atoms with Gasteiger partial charge in [-0.1, -0.05) is 12.1 Å². The summed E-state index contributed by atoms with van der Waals surface area (Å²) in [6, 6.07) is 7.73. The summed E-state index contributed by atoms with van der Waals surface area (Å²) in [6.45, 7) is 4.21. The molecule has 0 spiro atoms. The van der Waals surface area contributed by atoms with E-state index in [2.05, 4.69) is 19.2 Å². The lowest BCUT2D eigenvalue weighted by Gasteiger charge is -2.24. The smallest absolute Gasteiger partial charge is 0.253 e. The van der Waals surface area contributed by atoms with Crippen molar-refractivity contribution in [1.82, 2.24) is 10.2 Å². The Bertz CT molecular complexity index is 366. The van der Waals surface area contributed by atoms with Gasteiger partial charge in [0.1, 0.15) is 0 Å². The number of hydrogen-bond acceptors (Lipinski definition) is 2. The van der Waals surface area contributed by atoms with Crippen molar-refractivity contribution in [3.63, 3.8) is 0 Å². The molecule has 0 fully saturated rings. The molecular formula is C13H20N2O. The summed E-state index contributed by atoms with van der Waals surface area (Å²) in [5.74, 6) is 0.0359. The van der Waals surface area contributed by atoms with Gasteiger partial charge in [-0.15, -0.1) is 0 Å². The fraction of sp³-hybridized carbons (Fsp3) is 0.462. The van der Waals surface area contributed by atoms with Crippen molar-refractivity contribution < 1.29 is 4.79 Å². The minimum absolute atomic E-state index is 0.0359. The van der Waals surface area contributed by atoms with Gasteiger partial charge in [0.2, 0.25) is 0 Å². The van der Waals surface area contributed by atoms with E-state index in [9.17, 15) is 4.79 Å². The average molecular weight is 220 g/mol. The van der Waals surface area contributed by atoms with Gasteiger partial charge in [-0.25, -0.2) is 0 Å². The summed E-state index contributed by atoms with van der Waals surface area (Å²) < 4.78 is 0. The zero-order valence-corrected chi connectivity index (χ0v) is 10.7. The average Bonchev–Trinajstić information content (AvgIpc) is 2.28. The van der Waals surface area contributed by atoms with E-state index in [0.29, 0.717) is 0 Å². The normalized spacial score (nSPS) is 11.3. The Morgan fingerprint density at radius 1 is 1.19 bits per heavy atom. The summed E-state index contributed by atoms with van der Waals surface area (Å²) in [6.07, 6.45) is 0. The van der Waals surface area contributed by atoms with Gasteiger partial charge in [-0.3, -0.25) is 4.79 Å². The molecular weight excluding hydrogens is 200 g/mol. The number of amides is 1. The first-order valence-electron chi connectivity index (χ1n) is 5.39. The highest BCUT2D eigenvalue weighted by molar-refractivity contribution is 5.93. The van der Waals surface area contributed by atoms with Crippen LogP contribution in [-0.4, -0.2) is 32.0 Å². The van der Waals surface area contributed by atoms with E-state index in [1.807, 2.05) is 31.3 Å². The highest BCUT2D eigenvalue weighted by atomic mass is 16.2. The monoisotopic (exact) mass is 220 g/mol. The lowest BCUT2D eigenvalue weighted by Crippen LogP contribution is -2.33. The zero-order chi connectivity index (χ0) is 12.3. The number of hydrogen-bond donors (Lipinski definition) is 1. The number of rotatable bonds is 3. The Hall–Kier alpha value is -1.35. The molecule has 0 heterocycles. The van der Waals surface area contributed by atoms with Crippen molar-refractivity contribution >= 4 is 5.91 Å². The van der Waals surface area contributed by atoms with Crippen molar-refractivity contribution in [2.75, 3.05) is 21.1 Å². The van der Waals surface area contributed by atoms with Crippen molar-refractivity contribution in [2.24, 2.45) is 0 Å². The molecule has 0 atom stereocenters. The molecule has 3 nitrogen and oxygen atoms in total. The third kappa shape index (κ3) is 2.61. The standard InChI is InChI=1S/C13H20N2O/c1-13(2,14-3)11-8-6-10(7-9-11)12(16)15(4)5/h6-9,14H,1-5H3. The minimum atomic E-state index is -0.0697. The minimum Gasteiger partial charge on any atom is -0.345 e. The summed E-state index contributed by atoms with van der Waals surface area (Å²) in [7, 11) is 5.44. The number of nitrogens with one attached hydrogen (secondary N) is 1. The summed E-state index contributed by atoms with van der Waals surface area (Å²) in [4.78, 5) is 13.3. The second-order valence-electron chi connectivity index (χ2n) is 4.65. The molecule has 3 heteroatoms. The van der Waals surface area contributed by atoms with Gasteiger partial charge in [-0.05, 0) is 38.6 Å². The highest BCUT2D eigenvalue weighted by Gasteiger charge is 2.18. The van der Waals surface area contributed by atoms with Gasteiger partial charge in [0, 0.05) is 25.2 Å². The Balaban J connectivity index is 2.96. The Kier molecular flexibility index (Phi) is 3.70. The second-order valence-corrected chi connectivity index (χ2v) is 4.65. The zero-order valence-electron chi connectivity index (χ0n) is 10.7. The highest BCUT2D eigenvalue weighted by Crippen LogP contribution is 2.19. The van der Waals surface area contributed by atoms with E-state index >= 15 is 0 Å². The Morgan fingerprint density at radius 3 is 2.06 bits per heavy atom. The van der Waals surface area contributed by atoms with E-state index in [1.54, 1.807) is 19.0 Å². The van der Waals surface area contributed by atoms with E-state index in [0.717, 1.165) is 5.56 Å². The second kappa shape index (κ2) is 4.66. The summed E-state index contributed by atoms with van der Waals surface area (Å²) in [5, 5.41) is 3.23. The maximum Gasteiger partial charge on any atom is 0.253 e. The number of carbonyl (C=O) groups excluding carboxylic acids is 1. The third-order valence-corrected chi connectivity index (χ3v) is 2.88. The van der Waals surface area contributed by atoms with Gasteiger partial charge in [-0.2, -0.15) is 0 Å². The molecule has 0 aliphatic carbocycles. The molecule has 88 valence electrons. The van der Waals surface area contributed by atoms with Gasteiger partial charge >= 0.3 is 0 Å². The summed E-state index contributed by atoms with van der Waals surface area (Å²) >= 11 is 0. The largest absolute Gasteiger partial charge is 0.345 e.